The largest absolute Gasteiger partial charge is 0.377 e. The van der Waals surface area contributed by atoms with Gasteiger partial charge in [-0.2, -0.15) is 0 Å². The van der Waals surface area contributed by atoms with Crippen molar-refractivity contribution in [3.05, 3.63) is 59.4 Å². The summed E-state index contributed by atoms with van der Waals surface area (Å²) in [6, 6.07) is 12.1. The van der Waals surface area contributed by atoms with Crippen LogP contribution in [0, 0.1) is 11.7 Å². The van der Waals surface area contributed by atoms with Gasteiger partial charge < -0.3 is 15.1 Å². The number of halogens is 1. The van der Waals surface area contributed by atoms with Crippen molar-refractivity contribution in [2.45, 2.75) is 45.7 Å². The molecule has 5 nitrogen and oxygen atoms in total. The topological polar surface area (TPSA) is 52.7 Å². The molecule has 0 spiro atoms. The molecule has 0 aromatic heterocycles. The van der Waals surface area contributed by atoms with Crippen molar-refractivity contribution >= 4 is 23.2 Å². The Balaban J connectivity index is 1.81. The van der Waals surface area contributed by atoms with E-state index >= 15 is 0 Å². The minimum Gasteiger partial charge on any atom is -0.377 e. The van der Waals surface area contributed by atoms with E-state index in [1.165, 1.54) is 19.1 Å². The van der Waals surface area contributed by atoms with Crippen LogP contribution in [0.2, 0.25) is 0 Å². The number of nitrogens with one attached hydrogen (secondary N) is 1. The van der Waals surface area contributed by atoms with Gasteiger partial charge in [0.1, 0.15) is 5.82 Å². The molecule has 2 aromatic rings. The lowest BCUT2D eigenvalue weighted by Gasteiger charge is -2.25. The number of amides is 2. The Kier molecular flexibility index (Phi) is 7.08. The zero-order valence-corrected chi connectivity index (χ0v) is 18.0. The Morgan fingerprint density at radius 2 is 1.80 bits per heavy atom. The highest BCUT2D eigenvalue weighted by Gasteiger charge is 2.23. The van der Waals surface area contributed by atoms with Gasteiger partial charge in [0.2, 0.25) is 11.8 Å². The number of hydrogen-bond acceptors (Lipinski definition) is 3. The summed E-state index contributed by atoms with van der Waals surface area (Å²) in [6.07, 6.45) is 4.10. The third kappa shape index (κ3) is 5.59. The number of rotatable bonds is 7. The van der Waals surface area contributed by atoms with Crippen LogP contribution in [0.1, 0.15) is 43.7 Å². The zero-order chi connectivity index (χ0) is 21.7. The van der Waals surface area contributed by atoms with Gasteiger partial charge in [0.25, 0.3) is 0 Å². The zero-order valence-electron chi connectivity index (χ0n) is 18.0. The highest BCUT2D eigenvalue weighted by atomic mass is 19.1. The van der Waals surface area contributed by atoms with E-state index in [2.05, 4.69) is 5.32 Å². The second-order valence-corrected chi connectivity index (χ2v) is 8.21. The molecule has 2 amide bonds. The number of nitrogens with zero attached hydrogens (tertiary/aromatic N) is 2. The average molecular weight is 412 g/mol. The van der Waals surface area contributed by atoms with E-state index in [1.807, 2.05) is 43.3 Å². The molecule has 2 aromatic carbocycles. The van der Waals surface area contributed by atoms with E-state index in [4.69, 9.17) is 0 Å². The van der Waals surface area contributed by atoms with Gasteiger partial charge in [-0.3, -0.25) is 9.59 Å². The first-order valence-electron chi connectivity index (χ1n) is 10.4. The fourth-order valence-electron chi connectivity index (χ4n) is 4.00. The smallest absolute Gasteiger partial charge is 0.227 e. The first-order valence-corrected chi connectivity index (χ1v) is 10.4. The van der Waals surface area contributed by atoms with E-state index in [0.717, 1.165) is 48.2 Å². The minimum absolute atomic E-state index is 0.0687. The summed E-state index contributed by atoms with van der Waals surface area (Å²) in [5, 5.41) is 3.04. The van der Waals surface area contributed by atoms with Crippen LogP contribution < -0.4 is 10.2 Å². The fraction of sp³-hybridized carbons (Fsp3) is 0.417. The molecule has 160 valence electrons. The van der Waals surface area contributed by atoms with Crippen molar-refractivity contribution in [2.24, 2.45) is 5.92 Å². The lowest BCUT2D eigenvalue weighted by atomic mass is 10.1. The van der Waals surface area contributed by atoms with Crippen molar-refractivity contribution in [3.8, 4) is 0 Å². The van der Waals surface area contributed by atoms with Gasteiger partial charge in [0, 0.05) is 51.4 Å². The Labute approximate surface area is 177 Å². The van der Waals surface area contributed by atoms with Crippen LogP contribution in [0.15, 0.2) is 42.5 Å². The molecule has 30 heavy (non-hydrogen) atoms. The molecule has 1 N–H and O–H groups in total. The number of benzene rings is 2. The summed E-state index contributed by atoms with van der Waals surface area (Å²) in [5.74, 6) is -0.256. The maximum absolute atomic E-state index is 13.6. The van der Waals surface area contributed by atoms with Crippen LogP contribution in [0.25, 0.3) is 0 Å². The first-order chi connectivity index (χ1) is 14.3. The maximum Gasteiger partial charge on any atom is 0.227 e. The summed E-state index contributed by atoms with van der Waals surface area (Å²) < 4.78 is 13.6. The molecule has 0 aliphatic heterocycles. The van der Waals surface area contributed by atoms with Crippen LogP contribution in [0.5, 0.6) is 0 Å². The van der Waals surface area contributed by atoms with Gasteiger partial charge in [0.15, 0.2) is 0 Å². The molecule has 3 rings (SSSR count). The Morgan fingerprint density at radius 3 is 2.43 bits per heavy atom. The summed E-state index contributed by atoms with van der Waals surface area (Å²) >= 11 is 0. The minimum atomic E-state index is -0.318. The molecule has 1 aliphatic rings. The van der Waals surface area contributed by atoms with E-state index in [-0.39, 0.29) is 23.5 Å². The molecule has 0 saturated heterocycles. The number of carbonyl (C=O) groups is 2. The molecule has 1 saturated carbocycles. The first kappa shape index (κ1) is 21.8. The predicted octanol–water partition coefficient (Wildman–Crippen LogP) is 4.57. The SMILES string of the molecule is CC(=O)N(Cc1cccc(F)c1)Cc1cc(NC(=O)C2CCCC2)ccc1N(C)C. The normalized spacial score (nSPS) is 13.9. The van der Waals surface area contributed by atoms with Gasteiger partial charge in [-0.05, 0) is 54.3 Å². The van der Waals surface area contributed by atoms with Crippen LogP contribution in [0.3, 0.4) is 0 Å². The van der Waals surface area contributed by atoms with Gasteiger partial charge in [-0.15, -0.1) is 0 Å². The second kappa shape index (κ2) is 9.74. The van der Waals surface area contributed by atoms with Crippen molar-refractivity contribution in [2.75, 3.05) is 24.3 Å². The van der Waals surface area contributed by atoms with E-state index in [1.54, 1.807) is 11.0 Å². The summed E-state index contributed by atoms with van der Waals surface area (Å²) in [4.78, 5) is 28.5. The van der Waals surface area contributed by atoms with E-state index in [0.29, 0.717) is 13.1 Å². The summed E-state index contributed by atoms with van der Waals surface area (Å²) in [7, 11) is 3.89. The number of hydrogen-bond donors (Lipinski definition) is 1. The number of anilines is 2. The average Bonchev–Trinajstić information content (AvgIpc) is 3.22. The molecule has 0 atom stereocenters. The molecule has 0 bridgehead atoms. The standard InChI is InChI=1S/C24H30FN3O2/c1-17(29)28(15-18-7-6-10-21(25)13-18)16-20-14-22(11-12-23(20)27(2)3)26-24(30)19-8-4-5-9-19/h6-7,10-14,19H,4-5,8-9,15-16H2,1-3H3,(H,26,30). The predicted molar refractivity (Wildman–Crippen MR) is 118 cm³/mol. The lowest BCUT2D eigenvalue weighted by Crippen LogP contribution is -2.29. The highest BCUT2D eigenvalue weighted by molar-refractivity contribution is 5.93. The quantitative estimate of drug-likeness (QED) is 0.726. The van der Waals surface area contributed by atoms with Crippen molar-refractivity contribution in [1.29, 1.82) is 0 Å². The Morgan fingerprint density at radius 1 is 1.07 bits per heavy atom. The third-order valence-electron chi connectivity index (χ3n) is 5.62. The van der Waals surface area contributed by atoms with E-state index < -0.39 is 0 Å². The lowest BCUT2D eigenvalue weighted by molar-refractivity contribution is -0.130. The molecule has 0 radical (unpaired) electrons. The molecule has 1 fully saturated rings. The van der Waals surface area contributed by atoms with Gasteiger partial charge in [-0.1, -0.05) is 25.0 Å². The van der Waals surface area contributed by atoms with Gasteiger partial charge >= 0.3 is 0 Å². The maximum atomic E-state index is 13.6. The van der Waals surface area contributed by atoms with Crippen LogP contribution in [-0.2, 0) is 22.7 Å². The Bertz CT molecular complexity index is 907. The van der Waals surface area contributed by atoms with Crippen LogP contribution in [0.4, 0.5) is 15.8 Å². The van der Waals surface area contributed by atoms with Crippen LogP contribution >= 0.6 is 0 Å². The monoisotopic (exact) mass is 411 g/mol. The highest BCUT2D eigenvalue weighted by Crippen LogP contribution is 2.28. The van der Waals surface area contributed by atoms with Gasteiger partial charge in [-0.25, -0.2) is 4.39 Å². The molecule has 0 heterocycles. The van der Waals surface area contributed by atoms with Crippen molar-refractivity contribution in [1.82, 2.24) is 4.90 Å². The third-order valence-corrected chi connectivity index (χ3v) is 5.62. The molecule has 1 aliphatic carbocycles. The molecule has 0 unspecified atom stereocenters. The number of carbonyl (C=O) groups excluding carboxylic acids is 2. The van der Waals surface area contributed by atoms with Crippen LogP contribution in [-0.4, -0.2) is 30.8 Å². The fourth-order valence-corrected chi connectivity index (χ4v) is 4.00. The summed E-state index contributed by atoms with van der Waals surface area (Å²) in [5.41, 5.74) is 3.37. The van der Waals surface area contributed by atoms with Gasteiger partial charge in [0.05, 0.1) is 0 Å². The van der Waals surface area contributed by atoms with Crippen molar-refractivity contribution < 1.29 is 14.0 Å². The van der Waals surface area contributed by atoms with Crippen molar-refractivity contribution in [3.63, 3.8) is 0 Å². The molecular weight excluding hydrogens is 381 g/mol. The molecule has 6 heteroatoms. The molecular formula is C24H30FN3O2. The Hall–Kier alpha value is -2.89. The second-order valence-electron chi connectivity index (χ2n) is 8.21. The van der Waals surface area contributed by atoms with E-state index in [9.17, 15) is 14.0 Å². The summed E-state index contributed by atoms with van der Waals surface area (Å²) in [6.45, 7) is 2.20.